The van der Waals surface area contributed by atoms with Gasteiger partial charge in [-0.05, 0) is 61.0 Å². The molecule has 0 saturated carbocycles. The van der Waals surface area contributed by atoms with E-state index in [1.807, 2.05) is 25.1 Å². The molecule has 0 aliphatic carbocycles. The monoisotopic (exact) mass is 524 g/mol. The first-order valence-corrected chi connectivity index (χ1v) is 11.0. The summed E-state index contributed by atoms with van der Waals surface area (Å²) in [6.07, 6.45) is 0. The lowest BCUT2D eigenvalue weighted by atomic mass is 10.2. The maximum absolute atomic E-state index is 13.0. The molecule has 7 nitrogen and oxygen atoms in total. The lowest BCUT2D eigenvalue weighted by Crippen LogP contribution is -2.36. The van der Waals surface area contributed by atoms with Gasteiger partial charge in [0.15, 0.2) is 0 Å². The molecule has 0 unspecified atom stereocenters. The normalized spacial score (nSPS) is 10.6. The first-order valence-electron chi connectivity index (χ1n) is 9.88. The Labute approximate surface area is 202 Å². The Morgan fingerprint density at radius 1 is 0.879 bits per heavy atom. The second kappa shape index (κ2) is 9.48. The van der Waals surface area contributed by atoms with Gasteiger partial charge < -0.3 is 10.6 Å². The van der Waals surface area contributed by atoms with Crippen molar-refractivity contribution in [3.05, 3.63) is 93.5 Å². The van der Waals surface area contributed by atoms with E-state index in [0.717, 1.165) is 10.0 Å². The molecule has 33 heavy (non-hydrogen) atoms. The summed E-state index contributed by atoms with van der Waals surface area (Å²) in [6.45, 7) is 1.82. The Hall–Kier alpha value is -3.62. The van der Waals surface area contributed by atoms with Crippen LogP contribution in [0.2, 0.25) is 5.02 Å². The first-order chi connectivity index (χ1) is 15.8. The van der Waals surface area contributed by atoms with E-state index in [4.69, 9.17) is 11.6 Å². The molecule has 9 heteroatoms. The van der Waals surface area contributed by atoms with E-state index in [0.29, 0.717) is 27.3 Å². The molecule has 0 aliphatic heterocycles. The maximum atomic E-state index is 13.0. The summed E-state index contributed by atoms with van der Waals surface area (Å²) in [5.41, 5.74) is 5.06. The number of hydrogen-bond donors (Lipinski definition) is 3. The highest BCUT2D eigenvalue weighted by Gasteiger charge is 2.21. The average molecular weight is 526 g/mol. The first kappa shape index (κ1) is 22.6. The lowest BCUT2D eigenvalue weighted by molar-refractivity contribution is -0.133. The SMILES string of the molecule is Cc1ccccc1NC(=O)C(=O)Nn1c(C(=O)Nc2cccc(Cl)c2)cc2cc(Br)ccc21. The van der Waals surface area contributed by atoms with Gasteiger partial charge in [0.05, 0.1) is 5.52 Å². The van der Waals surface area contributed by atoms with Crippen LogP contribution in [-0.2, 0) is 9.59 Å². The number of carbonyl (C=O) groups is 3. The van der Waals surface area contributed by atoms with Gasteiger partial charge in [-0.3, -0.25) is 19.8 Å². The lowest BCUT2D eigenvalue weighted by Gasteiger charge is -2.13. The van der Waals surface area contributed by atoms with Crippen molar-refractivity contribution in [1.82, 2.24) is 4.68 Å². The topological polar surface area (TPSA) is 92.2 Å². The number of aromatic nitrogens is 1. The number of nitrogens with zero attached hydrogens (tertiary/aromatic N) is 1. The van der Waals surface area contributed by atoms with E-state index >= 15 is 0 Å². The molecule has 0 aliphatic rings. The molecule has 1 aromatic heterocycles. The van der Waals surface area contributed by atoms with E-state index in [2.05, 4.69) is 32.0 Å². The zero-order chi connectivity index (χ0) is 23.5. The van der Waals surface area contributed by atoms with Crippen LogP contribution < -0.4 is 16.1 Å². The molecule has 0 radical (unpaired) electrons. The standard InChI is InChI=1S/C24H18BrClN4O3/c1-14-5-2-3-8-19(14)28-23(32)24(33)29-30-20-10-9-16(25)11-15(20)12-21(30)22(31)27-18-7-4-6-17(26)13-18/h2-13H,1H3,(H,27,31)(H,28,32)(H,29,33). The zero-order valence-corrected chi connectivity index (χ0v) is 19.7. The van der Waals surface area contributed by atoms with Gasteiger partial charge in [-0.25, -0.2) is 4.68 Å². The van der Waals surface area contributed by atoms with Crippen molar-refractivity contribution in [2.24, 2.45) is 0 Å². The van der Waals surface area contributed by atoms with Gasteiger partial charge in [-0.2, -0.15) is 0 Å². The predicted molar refractivity (Wildman–Crippen MR) is 133 cm³/mol. The van der Waals surface area contributed by atoms with E-state index in [1.54, 1.807) is 54.6 Å². The van der Waals surface area contributed by atoms with Crippen LogP contribution in [0, 0.1) is 6.92 Å². The molecule has 3 aromatic carbocycles. The van der Waals surface area contributed by atoms with Crippen molar-refractivity contribution < 1.29 is 14.4 Å². The minimum atomic E-state index is -0.921. The fraction of sp³-hybridized carbons (Fsp3) is 0.0417. The predicted octanol–water partition coefficient (Wildman–Crippen LogP) is 5.33. The number of nitrogens with one attached hydrogen (secondary N) is 3. The Balaban J connectivity index is 1.64. The highest BCUT2D eigenvalue weighted by atomic mass is 79.9. The van der Waals surface area contributed by atoms with Crippen molar-refractivity contribution in [2.75, 3.05) is 16.1 Å². The quantitative estimate of drug-likeness (QED) is 0.315. The summed E-state index contributed by atoms with van der Waals surface area (Å²) >= 11 is 9.41. The maximum Gasteiger partial charge on any atom is 0.328 e. The molecule has 3 amide bonds. The van der Waals surface area contributed by atoms with Gasteiger partial charge in [0, 0.05) is 26.3 Å². The van der Waals surface area contributed by atoms with Gasteiger partial charge in [0.25, 0.3) is 5.91 Å². The Morgan fingerprint density at radius 2 is 1.67 bits per heavy atom. The van der Waals surface area contributed by atoms with E-state index in [-0.39, 0.29) is 5.69 Å². The van der Waals surface area contributed by atoms with Crippen LogP contribution in [0.3, 0.4) is 0 Å². The Morgan fingerprint density at radius 3 is 2.42 bits per heavy atom. The number of carbonyl (C=O) groups excluding carboxylic acids is 3. The molecular formula is C24H18BrClN4O3. The van der Waals surface area contributed by atoms with Crippen molar-refractivity contribution in [3.63, 3.8) is 0 Å². The van der Waals surface area contributed by atoms with Crippen LogP contribution in [0.1, 0.15) is 16.1 Å². The second-order valence-corrected chi connectivity index (χ2v) is 8.59. The number of anilines is 2. The molecule has 4 aromatic rings. The smallest absolute Gasteiger partial charge is 0.321 e. The molecule has 166 valence electrons. The number of para-hydroxylation sites is 1. The summed E-state index contributed by atoms with van der Waals surface area (Å²) in [6, 6.07) is 20.8. The van der Waals surface area contributed by atoms with Gasteiger partial charge >= 0.3 is 11.8 Å². The number of aryl methyl sites for hydroxylation is 1. The summed E-state index contributed by atoms with van der Waals surface area (Å²) < 4.78 is 2.10. The number of hydrogen-bond acceptors (Lipinski definition) is 3. The molecule has 0 atom stereocenters. The third-order valence-electron chi connectivity index (χ3n) is 4.89. The third-order valence-corrected chi connectivity index (χ3v) is 5.62. The van der Waals surface area contributed by atoms with Crippen LogP contribution in [0.25, 0.3) is 10.9 Å². The third kappa shape index (κ3) is 5.08. The Bertz CT molecular complexity index is 1400. The summed E-state index contributed by atoms with van der Waals surface area (Å²) in [4.78, 5) is 38.3. The van der Waals surface area contributed by atoms with Crippen LogP contribution >= 0.6 is 27.5 Å². The van der Waals surface area contributed by atoms with Crippen molar-refractivity contribution in [3.8, 4) is 0 Å². The highest BCUT2D eigenvalue weighted by Crippen LogP contribution is 2.24. The second-order valence-electron chi connectivity index (χ2n) is 7.24. The van der Waals surface area contributed by atoms with Crippen molar-refractivity contribution in [2.45, 2.75) is 6.92 Å². The molecule has 4 rings (SSSR count). The highest BCUT2D eigenvalue weighted by molar-refractivity contribution is 9.10. The van der Waals surface area contributed by atoms with Crippen LogP contribution in [0.4, 0.5) is 11.4 Å². The molecule has 0 fully saturated rings. The Kier molecular flexibility index (Phi) is 6.48. The number of benzene rings is 3. The molecule has 0 bridgehead atoms. The van der Waals surface area contributed by atoms with Crippen molar-refractivity contribution >= 4 is 67.5 Å². The van der Waals surface area contributed by atoms with Crippen molar-refractivity contribution in [1.29, 1.82) is 0 Å². The number of halogens is 2. The van der Waals surface area contributed by atoms with Gasteiger partial charge in [-0.15, -0.1) is 0 Å². The number of rotatable bonds is 4. The van der Waals surface area contributed by atoms with Gasteiger partial charge in [-0.1, -0.05) is 51.8 Å². The van der Waals surface area contributed by atoms with Gasteiger partial charge in [0.2, 0.25) is 0 Å². The molecule has 1 heterocycles. The van der Waals surface area contributed by atoms with Gasteiger partial charge in [0.1, 0.15) is 5.69 Å². The summed E-state index contributed by atoms with van der Waals surface area (Å²) in [5.74, 6) is -2.26. The molecule has 0 spiro atoms. The average Bonchev–Trinajstić information content (AvgIpc) is 3.12. The molecule has 3 N–H and O–H groups in total. The van der Waals surface area contributed by atoms with Crippen LogP contribution in [-0.4, -0.2) is 22.4 Å². The number of fused-ring (bicyclic) bond motifs is 1. The fourth-order valence-corrected chi connectivity index (χ4v) is 3.85. The summed E-state index contributed by atoms with van der Waals surface area (Å²) in [7, 11) is 0. The number of amides is 3. The zero-order valence-electron chi connectivity index (χ0n) is 17.4. The molecule has 0 saturated heterocycles. The minimum Gasteiger partial charge on any atom is -0.321 e. The van der Waals surface area contributed by atoms with E-state index in [1.165, 1.54) is 4.68 Å². The van der Waals surface area contributed by atoms with Crippen LogP contribution in [0.15, 0.2) is 77.3 Å². The largest absolute Gasteiger partial charge is 0.328 e. The van der Waals surface area contributed by atoms with E-state index in [9.17, 15) is 14.4 Å². The minimum absolute atomic E-state index is 0.139. The van der Waals surface area contributed by atoms with Crippen LogP contribution in [0.5, 0.6) is 0 Å². The van der Waals surface area contributed by atoms with E-state index < -0.39 is 17.7 Å². The summed E-state index contributed by atoms with van der Waals surface area (Å²) in [5, 5.41) is 6.51. The molecular weight excluding hydrogens is 508 g/mol. The fourth-order valence-electron chi connectivity index (χ4n) is 3.28.